The van der Waals surface area contributed by atoms with Crippen LogP contribution in [0.4, 0.5) is 30.2 Å². The lowest BCUT2D eigenvalue weighted by molar-refractivity contribution is -0.388. The van der Waals surface area contributed by atoms with E-state index in [2.05, 4.69) is 19.8 Å². The molecule has 41 heavy (non-hydrogen) atoms. The highest BCUT2D eigenvalue weighted by molar-refractivity contribution is 7.80. The molecule has 0 amide bonds. The summed E-state index contributed by atoms with van der Waals surface area (Å²) in [5.74, 6) is 1.35. The van der Waals surface area contributed by atoms with Gasteiger partial charge in [0.25, 0.3) is 5.69 Å². The van der Waals surface area contributed by atoms with Gasteiger partial charge in [-0.25, -0.2) is 4.98 Å². The minimum absolute atomic E-state index is 0.0819. The minimum atomic E-state index is -4.81. The summed E-state index contributed by atoms with van der Waals surface area (Å²) in [7, 11) is 1.61. The molecule has 3 fully saturated rings. The molecule has 3 aliphatic rings. The van der Waals surface area contributed by atoms with E-state index in [1.165, 1.54) is 18.9 Å². The van der Waals surface area contributed by atoms with Crippen molar-refractivity contribution in [3.05, 3.63) is 52.2 Å². The molecule has 1 atom stereocenters. The van der Waals surface area contributed by atoms with Crippen molar-refractivity contribution in [3.8, 4) is 5.88 Å². The number of thiocarbonyl (C=S) groups is 1. The number of rotatable bonds is 7. The maximum atomic E-state index is 13.3. The van der Waals surface area contributed by atoms with Gasteiger partial charge in [0.15, 0.2) is 0 Å². The van der Waals surface area contributed by atoms with Crippen LogP contribution < -0.4 is 9.64 Å². The molecule has 220 valence electrons. The Morgan fingerprint density at radius 1 is 1.17 bits per heavy atom. The van der Waals surface area contributed by atoms with E-state index < -0.39 is 22.4 Å². The number of hydrogen-bond donors (Lipinski definition) is 0. The summed E-state index contributed by atoms with van der Waals surface area (Å²) >= 11 is 5.91. The van der Waals surface area contributed by atoms with Crippen LogP contribution in [-0.4, -0.2) is 59.3 Å². The summed E-state index contributed by atoms with van der Waals surface area (Å²) in [5.41, 5.74) is -0.766. The number of benzene rings is 1. The van der Waals surface area contributed by atoms with Gasteiger partial charge in [0.1, 0.15) is 5.56 Å². The van der Waals surface area contributed by atoms with Crippen LogP contribution in [0.5, 0.6) is 5.88 Å². The molecule has 0 bridgehead atoms. The molecule has 0 N–H and O–H groups in total. The number of hydrogen-bond acceptors (Lipinski definition) is 7. The van der Waals surface area contributed by atoms with Crippen molar-refractivity contribution < 1.29 is 22.8 Å². The summed E-state index contributed by atoms with van der Waals surface area (Å²) in [4.78, 5) is 24.3. The largest absolute Gasteiger partial charge is 0.481 e. The molecule has 1 aromatic carbocycles. The summed E-state index contributed by atoms with van der Waals surface area (Å²) in [6, 6.07) is 6.82. The second-order valence-corrected chi connectivity index (χ2v) is 11.8. The van der Waals surface area contributed by atoms with E-state index in [4.69, 9.17) is 17.0 Å². The topological polar surface area (TPSA) is 84.1 Å². The van der Waals surface area contributed by atoms with Crippen LogP contribution in [0, 0.1) is 27.4 Å². The van der Waals surface area contributed by atoms with E-state index >= 15 is 0 Å². The van der Waals surface area contributed by atoms with Crippen LogP contribution in [0.3, 0.4) is 0 Å². The average Bonchev–Trinajstić information content (AvgIpc) is 2.98. The number of halogens is 3. The van der Waals surface area contributed by atoms with Crippen molar-refractivity contribution >= 4 is 40.5 Å². The number of alkyl halides is 3. The zero-order valence-electron chi connectivity index (χ0n) is 23.0. The molecule has 2 aliphatic carbocycles. The molecule has 8 nitrogen and oxygen atoms in total. The third-order valence-corrected chi connectivity index (χ3v) is 9.57. The summed E-state index contributed by atoms with van der Waals surface area (Å²) < 4.78 is 45.0. The second kappa shape index (κ2) is 11.9. The normalized spacial score (nSPS) is 24.9. The van der Waals surface area contributed by atoms with Crippen LogP contribution in [-0.2, 0) is 6.18 Å². The predicted molar refractivity (Wildman–Crippen MR) is 155 cm³/mol. The Morgan fingerprint density at radius 2 is 1.88 bits per heavy atom. The molecular weight excluding hydrogens is 555 g/mol. The first kappa shape index (κ1) is 29.2. The molecule has 1 aromatic heterocycles. The lowest BCUT2D eigenvalue weighted by atomic mass is 9.52. The van der Waals surface area contributed by atoms with Gasteiger partial charge in [-0.2, -0.15) is 13.2 Å². The SMILES string of the molecule is COc1ccc(N2CCN(C(=S)C[C@H]3CCC34CCC(C=Nc3ccc([N+](=O)[O-])c(C(F)(F)F)c3)CC4)CC2)cn1. The molecule has 0 radical (unpaired) electrons. The Morgan fingerprint density at radius 3 is 2.44 bits per heavy atom. The summed E-state index contributed by atoms with van der Waals surface area (Å²) in [6.45, 7) is 3.57. The molecule has 1 spiro atoms. The first-order valence-corrected chi connectivity index (χ1v) is 14.4. The predicted octanol–water partition coefficient (Wildman–Crippen LogP) is 6.85. The Balaban J connectivity index is 1.11. The smallest absolute Gasteiger partial charge is 0.423 e. The van der Waals surface area contributed by atoms with Gasteiger partial charge in [0.2, 0.25) is 5.88 Å². The maximum absolute atomic E-state index is 13.3. The number of piperazine rings is 1. The van der Waals surface area contributed by atoms with Crippen LogP contribution in [0.25, 0.3) is 0 Å². The van der Waals surface area contributed by atoms with Gasteiger partial charge < -0.3 is 14.5 Å². The van der Waals surface area contributed by atoms with E-state index in [0.29, 0.717) is 17.2 Å². The van der Waals surface area contributed by atoms with Gasteiger partial charge in [-0.05, 0) is 74.0 Å². The maximum Gasteiger partial charge on any atom is 0.423 e. The van der Waals surface area contributed by atoms with Gasteiger partial charge in [0.05, 0.1) is 34.6 Å². The van der Waals surface area contributed by atoms with Gasteiger partial charge in [0, 0.05) is 50.9 Å². The number of nitro benzene ring substituents is 1. The van der Waals surface area contributed by atoms with Gasteiger partial charge in [-0.1, -0.05) is 12.2 Å². The van der Waals surface area contributed by atoms with Gasteiger partial charge >= 0.3 is 6.18 Å². The van der Waals surface area contributed by atoms with Crippen molar-refractivity contribution in [1.82, 2.24) is 9.88 Å². The minimum Gasteiger partial charge on any atom is -0.481 e. The molecule has 2 aromatic rings. The van der Waals surface area contributed by atoms with Crippen LogP contribution in [0.1, 0.15) is 50.5 Å². The van der Waals surface area contributed by atoms with Crippen molar-refractivity contribution in [2.45, 2.75) is 51.1 Å². The Labute approximate surface area is 242 Å². The first-order valence-electron chi connectivity index (χ1n) is 14.0. The highest BCUT2D eigenvalue weighted by atomic mass is 32.1. The van der Waals surface area contributed by atoms with Gasteiger partial charge in [-0.15, -0.1) is 0 Å². The number of ether oxygens (including phenoxy) is 1. The summed E-state index contributed by atoms with van der Waals surface area (Å²) in [5, 5.41) is 11.0. The lowest BCUT2D eigenvalue weighted by Gasteiger charge is -2.54. The van der Waals surface area contributed by atoms with Crippen molar-refractivity contribution in [2.75, 3.05) is 38.2 Å². The Bertz CT molecular complexity index is 1290. The number of pyridine rings is 1. The monoisotopic (exact) mass is 589 g/mol. The summed E-state index contributed by atoms with van der Waals surface area (Å²) in [6.07, 6.45) is 6.04. The molecule has 1 aliphatic heterocycles. The third-order valence-electron chi connectivity index (χ3n) is 9.15. The Kier molecular flexibility index (Phi) is 8.49. The zero-order valence-corrected chi connectivity index (χ0v) is 23.8. The number of aliphatic imine (C=N–C) groups is 1. The van der Waals surface area contributed by atoms with E-state index in [1.54, 1.807) is 13.3 Å². The highest BCUT2D eigenvalue weighted by Gasteiger charge is 2.48. The first-order chi connectivity index (χ1) is 19.6. The van der Waals surface area contributed by atoms with Crippen LogP contribution in [0.2, 0.25) is 0 Å². The van der Waals surface area contributed by atoms with Crippen molar-refractivity contribution in [1.29, 1.82) is 0 Å². The Hall–Kier alpha value is -3.28. The van der Waals surface area contributed by atoms with E-state index in [1.807, 2.05) is 18.3 Å². The fraction of sp³-hybridized carbons (Fsp3) is 0.552. The molecular formula is C29H34F3N5O3S. The number of nitro groups is 1. The van der Waals surface area contributed by atoms with E-state index in [0.717, 1.165) is 81.1 Å². The highest BCUT2D eigenvalue weighted by Crippen LogP contribution is 2.58. The molecule has 2 saturated carbocycles. The van der Waals surface area contributed by atoms with Crippen LogP contribution >= 0.6 is 12.2 Å². The standard InChI is InChI=1S/C29H34F3N5O3S/c1-40-26-5-3-23(19-34-26)35-12-14-36(15-13-35)27(41)16-21-8-11-28(21)9-6-20(7-10-28)18-33-22-2-4-25(37(38)39)24(17-22)29(30,31)32/h2-5,17-21H,6-16H2,1H3/t20?,21-,28?/m1/s1. The molecule has 1 saturated heterocycles. The van der Waals surface area contributed by atoms with Crippen molar-refractivity contribution in [3.63, 3.8) is 0 Å². The fourth-order valence-corrected chi connectivity index (χ4v) is 6.90. The third kappa shape index (κ3) is 6.47. The molecule has 5 rings (SSSR count). The molecule has 12 heteroatoms. The van der Waals surface area contributed by atoms with Gasteiger partial charge in [-0.3, -0.25) is 15.1 Å². The molecule has 2 heterocycles. The fourth-order valence-electron chi connectivity index (χ4n) is 6.51. The number of methoxy groups -OCH3 is 1. The molecule has 0 unspecified atom stereocenters. The van der Waals surface area contributed by atoms with Crippen molar-refractivity contribution in [2.24, 2.45) is 22.2 Å². The quantitative estimate of drug-likeness (QED) is 0.151. The number of anilines is 1. The lowest BCUT2D eigenvalue weighted by Crippen LogP contribution is -2.50. The number of aromatic nitrogens is 1. The number of nitrogens with zero attached hydrogens (tertiary/aromatic N) is 5. The second-order valence-electron chi connectivity index (χ2n) is 11.3. The average molecular weight is 590 g/mol. The zero-order chi connectivity index (χ0) is 29.2. The van der Waals surface area contributed by atoms with Crippen LogP contribution in [0.15, 0.2) is 41.5 Å². The van der Waals surface area contributed by atoms with E-state index in [-0.39, 0.29) is 11.6 Å². The van der Waals surface area contributed by atoms with E-state index in [9.17, 15) is 23.3 Å².